The number of rotatable bonds is 4. The summed E-state index contributed by atoms with van der Waals surface area (Å²) < 4.78 is 2.05. The SMILES string of the molecule is Cc1ccc2c(c1)nc(C(C)Cl)n2CCC(=O)N(C)C. The number of carbonyl (C=O) groups is 1. The van der Waals surface area contributed by atoms with E-state index in [1.807, 2.05) is 30.5 Å². The van der Waals surface area contributed by atoms with Crippen molar-refractivity contribution in [3.8, 4) is 0 Å². The van der Waals surface area contributed by atoms with Crippen molar-refractivity contribution >= 4 is 28.5 Å². The molecule has 0 fully saturated rings. The zero-order valence-corrected chi connectivity index (χ0v) is 13.1. The molecule has 1 heterocycles. The Hall–Kier alpha value is -1.55. The summed E-state index contributed by atoms with van der Waals surface area (Å²) in [6.07, 6.45) is 0.447. The van der Waals surface area contributed by atoms with Gasteiger partial charge in [0.1, 0.15) is 5.82 Å². The van der Waals surface area contributed by atoms with Crippen LogP contribution in [0.3, 0.4) is 0 Å². The maximum absolute atomic E-state index is 11.8. The number of hydrogen-bond donors (Lipinski definition) is 0. The monoisotopic (exact) mass is 293 g/mol. The van der Waals surface area contributed by atoms with E-state index in [2.05, 4.69) is 11.1 Å². The van der Waals surface area contributed by atoms with Gasteiger partial charge in [-0.15, -0.1) is 11.6 Å². The topological polar surface area (TPSA) is 38.1 Å². The minimum absolute atomic E-state index is 0.104. The Bertz CT molecular complexity index is 631. The van der Waals surface area contributed by atoms with Crippen LogP contribution in [-0.4, -0.2) is 34.5 Å². The van der Waals surface area contributed by atoms with Crippen LogP contribution in [0, 0.1) is 6.92 Å². The smallest absolute Gasteiger partial charge is 0.223 e. The van der Waals surface area contributed by atoms with E-state index in [1.165, 1.54) is 5.56 Å². The van der Waals surface area contributed by atoms with E-state index < -0.39 is 0 Å². The van der Waals surface area contributed by atoms with Gasteiger partial charge in [0.15, 0.2) is 0 Å². The van der Waals surface area contributed by atoms with Crippen LogP contribution >= 0.6 is 11.6 Å². The molecule has 2 rings (SSSR count). The highest BCUT2D eigenvalue weighted by atomic mass is 35.5. The lowest BCUT2D eigenvalue weighted by Crippen LogP contribution is -2.23. The fraction of sp³-hybridized carbons (Fsp3) is 0.467. The number of aryl methyl sites for hydroxylation is 2. The highest BCUT2D eigenvalue weighted by Gasteiger charge is 2.16. The van der Waals surface area contributed by atoms with Gasteiger partial charge in [-0.2, -0.15) is 0 Å². The molecule has 2 aromatic rings. The molecule has 1 unspecified atom stereocenters. The predicted molar refractivity (Wildman–Crippen MR) is 82.0 cm³/mol. The summed E-state index contributed by atoms with van der Waals surface area (Å²) in [7, 11) is 3.53. The van der Waals surface area contributed by atoms with E-state index >= 15 is 0 Å². The fourth-order valence-electron chi connectivity index (χ4n) is 2.23. The van der Waals surface area contributed by atoms with Gasteiger partial charge < -0.3 is 9.47 Å². The van der Waals surface area contributed by atoms with Crippen molar-refractivity contribution in [2.45, 2.75) is 32.2 Å². The first-order valence-corrected chi connectivity index (χ1v) is 7.15. The molecule has 0 aliphatic rings. The van der Waals surface area contributed by atoms with Gasteiger partial charge in [-0.05, 0) is 31.5 Å². The third kappa shape index (κ3) is 2.96. The zero-order chi connectivity index (χ0) is 14.9. The van der Waals surface area contributed by atoms with Crippen molar-refractivity contribution in [3.63, 3.8) is 0 Å². The van der Waals surface area contributed by atoms with Crippen molar-refractivity contribution < 1.29 is 4.79 Å². The molecule has 0 saturated carbocycles. The molecule has 0 radical (unpaired) electrons. The molecule has 5 heteroatoms. The molecular formula is C15H20ClN3O. The Labute approximate surface area is 124 Å². The van der Waals surface area contributed by atoms with E-state index in [0.29, 0.717) is 13.0 Å². The number of aromatic nitrogens is 2. The summed E-state index contributed by atoms with van der Waals surface area (Å²) in [6.45, 7) is 4.54. The van der Waals surface area contributed by atoms with Gasteiger partial charge >= 0.3 is 0 Å². The van der Waals surface area contributed by atoms with Gasteiger partial charge in [0, 0.05) is 27.1 Å². The van der Waals surface area contributed by atoms with E-state index in [-0.39, 0.29) is 11.3 Å². The highest BCUT2D eigenvalue weighted by Crippen LogP contribution is 2.25. The maximum atomic E-state index is 11.8. The van der Waals surface area contributed by atoms with Crippen molar-refractivity contribution in [1.82, 2.24) is 14.5 Å². The van der Waals surface area contributed by atoms with Crippen molar-refractivity contribution in [3.05, 3.63) is 29.6 Å². The third-order valence-corrected chi connectivity index (χ3v) is 3.53. The number of alkyl halides is 1. The number of imidazole rings is 1. The van der Waals surface area contributed by atoms with Gasteiger partial charge in [0.05, 0.1) is 16.4 Å². The predicted octanol–water partition coefficient (Wildman–Crippen LogP) is 3.12. The van der Waals surface area contributed by atoms with Crippen molar-refractivity contribution in [1.29, 1.82) is 0 Å². The fourth-order valence-corrected chi connectivity index (χ4v) is 2.39. The molecule has 1 aromatic carbocycles. The van der Waals surface area contributed by atoms with E-state index in [9.17, 15) is 4.79 Å². The maximum Gasteiger partial charge on any atom is 0.223 e. The molecule has 20 heavy (non-hydrogen) atoms. The van der Waals surface area contributed by atoms with Crippen LogP contribution in [0.25, 0.3) is 11.0 Å². The Morgan fingerprint density at radius 3 is 2.75 bits per heavy atom. The molecule has 0 saturated heterocycles. The first-order valence-electron chi connectivity index (χ1n) is 6.71. The molecule has 108 valence electrons. The normalized spacial score (nSPS) is 12.7. The van der Waals surface area contributed by atoms with Gasteiger partial charge in [0.25, 0.3) is 0 Å². The van der Waals surface area contributed by atoms with Crippen LogP contribution in [0.1, 0.15) is 30.1 Å². The van der Waals surface area contributed by atoms with E-state index in [1.54, 1.807) is 19.0 Å². The average molecular weight is 294 g/mol. The molecule has 1 amide bonds. The Balaban J connectivity index is 2.39. The van der Waals surface area contributed by atoms with E-state index in [0.717, 1.165) is 16.9 Å². The largest absolute Gasteiger partial charge is 0.349 e. The van der Waals surface area contributed by atoms with Crippen LogP contribution in [0.15, 0.2) is 18.2 Å². The third-order valence-electron chi connectivity index (χ3n) is 3.34. The van der Waals surface area contributed by atoms with Crippen LogP contribution in [0.4, 0.5) is 0 Å². The molecule has 0 aliphatic carbocycles. The standard InChI is InChI=1S/C15H20ClN3O/c1-10-5-6-13-12(9-10)17-15(11(2)16)19(13)8-7-14(20)18(3)4/h5-6,9,11H,7-8H2,1-4H3. The first-order chi connectivity index (χ1) is 9.40. The second-order valence-corrected chi connectivity index (χ2v) is 5.92. The molecule has 0 bridgehead atoms. The van der Waals surface area contributed by atoms with E-state index in [4.69, 9.17) is 11.6 Å². The lowest BCUT2D eigenvalue weighted by molar-refractivity contribution is -0.128. The van der Waals surface area contributed by atoms with Crippen molar-refractivity contribution in [2.24, 2.45) is 0 Å². The Morgan fingerprint density at radius 2 is 2.15 bits per heavy atom. The molecule has 1 atom stereocenters. The molecule has 4 nitrogen and oxygen atoms in total. The summed E-state index contributed by atoms with van der Waals surface area (Å²) >= 11 is 6.22. The number of benzene rings is 1. The Kier molecular flexibility index (Phi) is 4.33. The van der Waals surface area contributed by atoms with Crippen LogP contribution in [0.2, 0.25) is 0 Å². The van der Waals surface area contributed by atoms with Gasteiger partial charge in [-0.25, -0.2) is 4.98 Å². The summed E-state index contributed by atoms with van der Waals surface area (Å²) in [4.78, 5) is 18.0. The first kappa shape index (κ1) is 14.9. The number of carbonyl (C=O) groups excluding carboxylic acids is 1. The molecule has 0 spiro atoms. The van der Waals surface area contributed by atoms with Gasteiger partial charge in [0.2, 0.25) is 5.91 Å². The highest BCUT2D eigenvalue weighted by molar-refractivity contribution is 6.20. The number of nitrogens with zero attached hydrogens (tertiary/aromatic N) is 3. The lowest BCUT2D eigenvalue weighted by atomic mass is 10.2. The van der Waals surface area contributed by atoms with Gasteiger partial charge in [-0.3, -0.25) is 4.79 Å². The summed E-state index contributed by atoms with van der Waals surface area (Å²) in [5, 5.41) is -0.183. The summed E-state index contributed by atoms with van der Waals surface area (Å²) in [5.41, 5.74) is 3.13. The van der Waals surface area contributed by atoms with Crippen LogP contribution in [-0.2, 0) is 11.3 Å². The Morgan fingerprint density at radius 1 is 1.45 bits per heavy atom. The summed E-state index contributed by atoms with van der Waals surface area (Å²) in [5.74, 6) is 0.922. The van der Waals surface area contributed by atoms with Crippen molar-refractivity contribution in [2.75, 3.05) is 14.1 Å². The summed E-state index contributed by atoms with van der Waals surface area (Å²) in [6, 6.07) is 6.14. The van der Waals surface area contributed by atoms with Crippen LogP contribution in [0.5, 0.6) is 0 Å². The lowest BCUT2D eigenvalue weighted by Gasteiger charge is -2.13. The van der Waals surface area contributed by atoms with Crippen LogP contribution < -0.4 is 0 Å². The minimum atomic E-state index is -0.183. The number of hydrogen-bond acceptors (Lipinski definition) is 2. The average Bonchev–Trinajstić information content (AvgIpc) is 2.73. The molecule has 0 N–H and O–H groups in total. The second kappa shape index (κ2) is 5.83. The number of halogens is 1. The molecular weight excluding hydrogens is 274 g/mol. The second-order valence-electron chi connectivity index (χ2n) is 5.27. The number of fused-ring (bicyclic) bond motifs is 1. The minimum Gasteiger partial charge on any atom is -0.349 e. The quantitative estimate of drug-likeness (QED) is 0.812. The molecule has 1 aromatic heterocycles. The zero-order valence-electron chi connectivity index (χ0n) is 12.4. The molecule has 0 aliphatic heterocycles. The number of amides is 1. The van der Waals surface area contributed by atoms with Gasteiger partial charge in [-0.1, -0.05) is 6.07 Å².